The van der Waals surface area contributed by atoms with E-state index in [-0.39, 0.29) is 18.3 Å². The van der Waals surface area contributed by atoms with E-state index in [1.165, 1.54) is 0 Å². The number of furan rings is 1. The molecule has 2 heterocycles. The Labute approximate surface area is 124 Å². The van der Waals surface area contributed by atoms with E-state index < -0.39 is 0 Å². The Kier molecular flexibility index (Phi) is 5.04. The van der Waals surface area contributed by atoms with Gasteiger partial charge in [-0.2, -0.15) is 0 Å². The molecule has 0 aliphatic carbocycles. The van der Waals surface area contributed by atoms with Gasteiger partial charge in [-0.3, -0.25) is 4.79 Å². The van der Waals surface area contributed by atoms with E-state index in [9.17, 15) is 4.79 Å². The lowest BCUT2D eigenvalue weighted by Gasteiger charge is -2.22. The average molecular weight is 295 g/mol. The third-order valence-electron chi connectivity index (χ3n) is 3.74. The molecule has 1 aromatic heterocycles. The van der Waals surface area contributed by atoms with Crippen LogP contribution in [0.4, 0.5) is 0 Å². The van der Waals surface area contributed by atoms with Gasteiger partial charge in [0.1, 0.15) is 11.8 Å². The van der Waals surface area contributed by atoms with Gasteiger partial charge in [0.15, 0.2) is 0 Å². The Bertz CT molecular complexity index is 576. The molecule has 0 radical (unpaired) electrons. The summed E-state index contributed by atoms with van der Waals surface area (Å²) in [6, 6.07) is 7.61. The molecular weight excluding hydrogens is 276 g/mol. The number of carbonyl (C=O) groups excluding carboxylic acids is 1. The summed E-state index contributed by atoms with van der Waals surface area (Å²) >= 11 is 0. The first-order valence-corrected chi connectivity index (χ1v) is 6.80. The van der Waals surface area contributed by atoms with Crippen molar-refractivity contribution in [2.45, 2.75) is 12.8 Å². The summed E-state index contributed by atoms with van der Waals surface area (Å²) in [4.78, 5) is 12.2. The third-order valence-corrected chi connectivity index (χ3v) is 3.74. The minimum atomic E-state index is -0.0384. The number of fused-ring (bicyclic) bond motifs is 1. The number of amides is 1. The van der Waals surface area contributed by atoms with Crippen LogP contribution in [-0.4, -0.2) is 25.5 Å². The lowest BCUT2D eigenvalue weighted by molar-refractivity contribution is 0.0945. The lowest BCUT2D eigenvalue weighted by atomic mass is 9.98. The van der Waals surface area contributed by atoms with Crippen molar-refractivity contribution in [1.29, 1.82) is 0 Å². The fraction of sp³-hybridized carbons (Fsp3) is 0.400. The summed E-state index contributed by atoms with van der Waals surface area (Å²) in [5.41, 5.74) is 1.39. The third kappa shape index (κ3) is 3.14. The first-order valence-electron chi connectivity index (χ1n) is 6.80. The van der Waals surface area contributed by atoms with Gasteiger partial charge in [0.05, 0.1) is 5.56 Å². The molecule has 1 aliphatic rings. The summed E-state index contributed by atoms with van der Waals surface area (Å²) < 4.78 is 5.39. The van der Waals surface area contributed by atoms with Crippen LogP contribution in [0, 0.1) is 5.92 Å². The molecule has 0 unspecified atom stereocenters. The van der Waals surface area contributed by atoms with E-state index >= 15 is 0 Å². The predicted molar refractivity (Wildman–Crippen MR) is 81.4 cm³/mol. The van der Waals surface area contributed by atoms with Gasteiger partial charge < -0.3 is 15.1 Å². The van der Waals surface area contributed by atoms with Crippen LogP contribution in [0.1, 0.15) is 23.2 Å². The van der Waals surface area contributed by atoms with Gasteiger partial charge in [0, 0.05) is 11.9 Å². The summed E-state index contributed by atoms with van der Waals surface area (Å²) in [5.74, 6) is 0.548. The first-order chi connectivity index (χ1) is 9.34. The summed E-state index contributed by atoms with van der Waals surface area (Å²) in [5, 5.41) is 7.23. The number of hydrogen-bond donors (Lipinski definition) is 2. The van der Waals surface area contributed by atoms with Crippen LogP contribution in [0.3, 0.4) is 0 Å². The molecular formula is C15H19ClN2O2. The highest BCUT2D eigenvalue weighted by Gasteiger charge is 2.17. The Morgan fingerprint density at radius 1 is 1.30 bits per heavy atom. The molecule has 2 aromatic rings. The second kappa shape index (κ2) is 6.77. The number of hydrogen-bond acceptors (Lipinski definition) is 3. The first kappa shape index (κ1) is 14.9. The number of benzene rings is 1. The Hall–Kier alpha value is -1.52. The summed E-state index contributed by atoms with van der Waals surface area (Å²) in [7, 11) is 0. The fourth-order valence-corrected chi connectivity index (χ4v) is 2.57. The largest absolute Gasteiger partial charge is 0.463 e. The molecule has 0 bridgehead atoms. The molecule has 2 N–H and O–H groups in total. The van der Waals surface area contributed by atoms with Crippen molar-refractivity contribution in [3.05, 3.63) is 36.1 Å². The Balaban J connectivity index is 0.00000147. The molecule has 1 aromatic carbocycles. The molecule has 1 aliphatic heterocycles. The van der Waals surface area contributed by atoms with Gasteiger partial charge in [-0.05, 0) is 37.9 Å². The number of para-hydroxylation sites is 1. The smallest absolute Gasteiger partial charge is 0.255 e. The zero-order valence-corrected chi connectivity index (χ0v) is 12.0. The van der Waals surface area contributed by atoms with Crippen LogP contribution in [0.15, 0.2) is 34.9 Å². The van der Waals surface area contributed by atoms with Crippen molar-refractivity contribution in [2.75, 3.05) is 19.6 Å². The monoisotopic (exact) mass is 294 g/mol. The second-order valence-corrected chi connectivity index (χ2v) is 5.05. The topological polar surface area (TPSA) is 54.3 Å². The average Bonchev–Trinajstić information content (AvgIpc) is 2.90. The van der Waals surface area contributed by atoms with E-state index in [1.807, 2.05) is 24.3 Å². The van der Waals surface area contributed by atoms with Crippen LogP contribution in [0.2, 0.25) is 0 Å². The molecule has 1 fully saturated rings. The van der Waals surface area contributed by atoms with Crippen LogP contribution in [-0.2, 0) is 0 Å². The standard InChI is InChI=1S/C15H18N2O2.ClH/c18-15(17-9-11-5-7-16-8-6-11)13-10-19-14-4-2-1-3-12(13)14;/h1-4,10-11,16H,5-9H2,(H,17,18);1H. The number of piperidine rings is 1. The molecule has 1 amide bonds. The highest BCUT2D eigenvalue weighted by Crippen LogP contribution is 2.20. The van der Waals surface area contributed by atoms with Gasteiger partial charge in [0.2, 0.25) is 0 Å². The Morgan fingerprint density at radius 3 is 2.85 bits per heavy atom. The van der Waals surface area contributed by atoms with Crippen LogP contribution < -0.4 is 10.6 Å². The normalized spacial score (nSPS) is 15.8. The highest BCUT2D eigenvalue weighted by molar-refractivity contribution is 6.05. The molecule has 5 heteroatoms. The molecule has 1 saturated heterocycles. The molecule has 0 atom stereocenters. The zero-order valence-electron chi connectivity index (χ0n) is 11.2. The minimum absolute atomic E-state index is 0. The molecule has 0 spiro atoms. The zero-order chi connectivity index (χ0) is 13.1. The van der Waals surface area contributed by atoms with Gasteiger partial charge in [-0.1, -0.05) is 18.2 Å². The van der Waals surface area contributed by atoms with E-state index in [1.54, 1.807) is 6.26 Å². The number of rotatable bonds is 3. The van der Waals surface area contributed by atoms with Crippen molar-refractivity contribution < 1.29 is 9.21 Å². The highest BCUT2D eigenvalue weighted by atomic mass is 35.5. The maximum Gasteiger partial charge on any atom is 0.255 e. The molecule has 0 saturated carbocycles. The maximum absolute atomic E-state index is 12.2. The van der Waals surface area contributed by atoms with Gasteiger partial charge in [0.25, 0.3) is 5.91 Å². The van der Waals surface area contributed by atoms with Crippen LogP contribution >= 0.6 is 12.4 Å². The van der Waals surface area contributed by atoms with Gasteiger partial charge in [-0.25, -0.2) is 0 Å². The summed E-state index contributed by atoms with van der Waals surface area (Å²) in [6.45, 7) is 2.85. The second-order valence-electron chi connectivity index (χ2n) is 5.05. The van der Waals surface area contributed by atoms with Crippen LogP contribution in [0.5, 0.6) is 0 Å². The molecule has 20 heavy (non-hydrogen) atoms. The van der Waals surface area contributed by atoms with Crippen molar-refractivity contribution in [3.63, 3.8) is 0 Å². The maximum atomic E-state index is 12.2. The van der Waals surface area contributed by atoms with E-state index in [4.69, 9.17) is 4.42 Å². The van der Waals surface area contributed by atoms with E-state index in [2.05, 4.69) is 10.6 Å². The molecule has 3 rings (SSSR count). The number of halogens is 1. The molecule has 108 valence electrons. The molecule has 4 nitrogen and oxygen atoms in total. The van der Waals surface area contributed by atoms with Crippen molar-refractivity contribution in [3.8, 4) is 0 Å². The van der Waals surface area contributed by atoms with Crippen LogP contribution in [0.25, 0.3) is 11.0 Å². The lowest BCUT2D eigenvalue weighted by Crippen LogP contribution is -2.35. The summed E-state index contributed by atoms with van der Waals surface area (Å²) in [6.07, 6.45) is 3.81. The van der Waals surface area contributed by atoms with Gasteiger partial charge >= 0.3 is 0 Å². The fourth-order valence-electron chi connectivity index (χ4n) is 2.57. The van der Waals surface area contributed by atoms with Crippen molar-refractivity contribution in [2.24, 2.45) is 5.92 Å². The number of carbonyl (C=O) groups is 1. The van der Waals surface area contributed by atoms with Crippen molar-refractivity contribution >= 4 is 29.3 Å². The SMILES string of the molecule is Cl.O=C(NCC1CCNCC1)c1coc2ccccc12. The quantitative estimate of drug-likeness (QED) is 0.915. The van der Waals surface area contributed by atoms with E-state index in [0.717, 1.165) is 43.4 Å². The van der Waals surface area contributed by atoms with Gasteiger partial charge in [-0.15, -0.1) is 12.4 Å². The number of nitrogens with one attached hydrogen (secondary N) is 2. The minimum Gasteiger partial charge on any atom is -0.463 e. The van der Waals surface area contributed by atoms with E-state index in [0.29, 0.717) is 11.5 Å². The predicted octanol–water partition coefficient (Wildman–Crippen LogP) is 2.58. The van der Waals surface area contributed by atoms with Crippen molar-refractivity contribution in [1.82, 2.24) is 10.6 Å². The Morgan fingerprint density at radius 2 is 2.05 bits per heavy atom.